The summed E-state index contributed by atoms with van der Waals surface area (Å²) < 4.78 is 5.20. The largest absolute Gasteiger partial charge is 0.467 e. The van der Waals surface area contributed by atoms with Crippen LogP contribution in [0.1, 0.15) is 41.1 Å². The fourth-order valence-electron chi connectivity index (χ4n) is 2.34. The van der Waals surface area contributed by atoms with Gasteiger partial charge in [0.2, 0.25) is 5.91 Å². The molecule has 0 saturated heterocycles. The quantitative estimate of drug-likeness (QED) is 0.856. The zero-order valence-corrected chi connectivity index (χ0v) is 14.6. The number of hydrogen-bond acceptors (Lipinski definition) is 3. The van der Waals surface area contributed by atoms with Crippen LogP contribution in [0.15, 0.2) is 41.0 Å². The average Bonchev–Trinajstić information content (AvgIpc) is 3.05. The van der Waals surface area contributed by atoms with E-state index >= 15 is 0 Å². The molecular formula is C19H24N2O3. The number of hydrogen-bond donors (Lipinski definition) is 2. The van der Waals surface area contributed by atoms with Gasteiger partial charge in [-0.1, -0.05) is 19.9 Å². The SMILES string of the molecule is Cc1ccc(C(=O)N[C@@H](C(=O)NCc2ccco2)C(C)C)cc1C. The van der Waals surface area contributed by atoms with Crippen LogP contribution in [0, 0.1) is 19.8 Å². The lowest BCUT2D eigenvalue weighted by molar-refractivity contribution is -0.124. The van der Waals surface area contributed by atoms with Crippen molar-refractivity contribution >= 4 is 11.8 Å². The molecule has 1 atom stereocenters. The van der Waals surface area contributed by atoms with Crippen molar-refractivity contribution < 1.29 is 14.0 Å². The molecule has 0 bridgehead atoms. The van der Waals surface area contributed by atoms with Gasteiger partial charge in [-0.3, -0.25) is 9.59 Å². The molecular weight excluding hydrogens is 304 g/mol. The van der Waals surface area contributed by atoms with Crippen LogP contribution in [0.4, 0.5) is 0 Å². The van der Waals surface area contributed by atoms with E-state index < -0.39 is 6.04 Å². The van der Waals surface area contributed by atoms with E-state index in [0.717, 1.165) is 11.1 Å². The molecule has 0 fully saturated rings. The first kappa shape index (κ1) is 17.8. The highest BCUT2D eigenvalue weighted by Gasteiger charge is 2.24. The van der Waals surface area contributed by atoms with E-state index in [1.54, 1.807) is 24.5 Å². The average molecular weight is 328 g/mol. The van der Waals surface area contributed by atoms with Crippen molar-refractivity contribution in [2.45, 2.75) is 40.3 Å². The predicted octanol–water partition coefficient (Wildman–Crippen LogP) is 2.97. The summed E-state index contributed by atoms with van der Waals surface area (Å²) in [5.41, 5.74) is 2.73. The van der Waals surface area contributed by atoms with Crippen molar-refractivity contribution in [2.24, 2.45) is 5.92 Å². The molecule has 2 amide bonds. The first-order valence-corrected chi connectivity index (χ1v) is 8.06. The van der Waals surface area contributed by atoms with E-state index in [-0.39, 0.29) is 17.7 Å². The molecule has 0 radical (unpaired) electrons. The number of rotatable bonds is 6. The van der Waals surface area contributed by atoms with E-state index in [1.807, 2.05) is 39.8 Å². The van der Waals surface area contributed by atoms with Gasteiger partial charge < -0.3 is 15.1 Å². The Hall–Kier alpha value is -2.56. The Balaban J connectivity index is 2.02. The molecule has 0 aliphatic carbocycles. The second-order valence-corrected chi connectivity index (χ2v) is 6.29. The van der Waals surface area contributed by atoms with Gasteiger partial charge >= 0.3 is 0 Å². The number of carbonyl (C=O) groups excluding carboxylic acids is 2. The Morgan fingerprint density at radius 3 is 2.46 bits per heavy atom. The van der Waals surface area contributed by atoms with E-state index in [4.69, 9.17) is 4.42 Å². The maximum absolute atomic E-state index is 12.5. The molecule has 1 heterocycles. The van der Waals surface area contributed by atoms with Gasteiger partial charge in [-0.15, -0.1) is 0 Å². The van der Waals surface area contributed by atoms with Crippen LogP contribution in [0.3, 0.4) is 0 Å². The van der Waals surface area contributed by atoms with Crippen molar-refractivity contribution in [3.8, 4) is 0 Å². The van der Waals surface area contributed by atoms with Gasteiger partial charge in [0.15, 0.2) is 0 Å². The lowest BCUT2D eigenvalue weighted by Crippen LogP contribution is -2.49. The molecule has 2 rings (SSSR count). The van der Waals surface area contributed by atoms with E-state index in [1.165, 1.54) is 0 Å². The minimum atomic E-state index is -0.603. The minimum Gasteiger partial charge on any atom is -0.467 e. The van der Waals surface area contributed by atoms with Crippen LogP contribution in [0.5, 0.6) is 0 Å². The number of amides is 2. The molecule has 0 unspecified atom stereocenters. The highest BCUT2D eigenvalue weighted by molar-refractivity contribution is 5.97. The maximum atomic E-state index is 12.5. The number of benzene rings is 1. The van der Waals surface area contributed by atoms with Gasteiger partial charge in [-0.25, -0.2) is 0 Å². The monoisotopic (exact) mass is 328 g/mol. The third-order valence-corrected chi connectivity index (χ3v) is 4.02. The topological polar surface area (TPSA) is 71.3 Å². The van der Waals surface area contributed by atoms with Gasteiger partial charge in [0, 0.05) is 5.56 Å². The second-order valence-electron chi connectivity index (χ2n) is 6.29. The first-order chi connectivity index (χ1) is 11.4. The van der Waals surface area contributed by atoms with Crippen LogP contribution < -0.4 is 10.6 Å². The summed E-state index contributed by atoms with van der Waals surface area (Å²) in [4.78, 5) is 24.9. The third kappa shape index (κ3) is 4.47. The van der Waals surface area contributed by atoms with Gasteiger partial charge in [0.05, 0.1) is 12.8 Å². The van der Waals surface area contributed by atoms with Gasteiger partial charge in [0.25, 0.3) is 5.91 Å². The normalized spacial score (nSPS) is 12.0. The van der Waals surface area contributed by atoms with Crippen LogP contribution in [-0.2, 0) is 11.3 Å². The molecule has 128 valence electrons. The number of nitrogens with one attached hydrogen (secondary N) is 2. The fourth-order valence-corrected chi connectivity index (χ4v) is 2.34. The Morgan fingerprint density at radius 2 is 1.88 bits per heavy atom. The lowest BCUT2D eigenvalue weighted by atomic mass is 10.0. The van der Waals surface area contributed by atoms with Crippen LogP contribution >= 0.6 is 0 Å². The molecule has 0 spiro atoms. The summed E-state index contributed by atoms with van der Waals surface area (Å²) in [6.45, 7) is 8.06. The van der Waals surface area contributed by atoms with Crippen LogP contribution in [-0.4, -0.2) is 17.9 Å². The fraction of sp³-hybridized carbons (Fsp3) is 0.368. The van der Waals surface area contributed by atoms with Gasteiger partial charge in [-0.2, -0.15) is 0 Å². The number of furan rings is 1. The molecule has 2 N–H and O–H groups in total. The maximum Gasteiger partial charge on any atom is 0.251 e. The van der Waals surface area contributed by atoms with Gasteiger partial charge in [-0.05, 0) is 55.2 Å². The second kappa shape index (κ2) is 7.81. The molecule has 0 saturated carbocycles. The number of carbonyl (C=O) groups is 2. The van der Waals surface area contributed by atoms with Crippen molar-refractivity contribution in [2.75, 3.05) is 0 Å². The summed E-state index contributed by atoms with van der Waals surface area (Å²) in [6, 6.07) is 8.47. The standard InChI is InChI=1S/C19H24N2O3/c1-12(2)17(19(23)20-11-16-6-5-9-24-16)21-18(22)15-8-7-13(3)14(4)10-15/h5-10,12,17H,11H2,1-4H3,(H,20,23)(H,21,22)/t17-/m1/s1. The molecule has 0 aliphatic rings. The number of aryl methyl sites for hydroxylation is 2. The first-order valence-electron chi connectivity index (χ1n) is 8.06. The van der Waals surface area contributed by atoms with E-state index in [2.05, 4.69) is 10.6 Å². The zero-order valence-electron chi connectivity index (χ0n) is 14.6. The summed E-state index contributed by atoms with van der Waals surface area (Å²) >= 11 is 0. The summed E-state index contributed by atoms with van der Waals surface area (Å²) in [5.74, 6) is 0.173. The summed E-state index contributed by atoms with van der Waals surface area (Å²) in [5, 5.41) is 5.62. The van der Waals surface area contributed by atoms with Gasteiger partial charge in [0.1, 0.15) is 11.8 Å². The molecule has 1 aromatic heterocycles. The minimum absolute atomic E-state index is 0.0305. The summed E-state index contributed by atoms with van der Waals surface area (Å²) in [7, 11) is 0. The molecule has 1 aromatic carbocycles. The van der Waals surface area contributed by atoms with E-state index in [0.29, 0.717) is 17.9 Å². The molecule has 5 heteroatoms. The Morgan fingerprint density at radius 1 is 1.12 bits per heavy atom. The van der Waals surface area contributed by atoms with Crippen molar-refractivity contribution in [1.29, 1.82) is 0 Å². The third-order valence-electron chi connectivity index (χ3n) is 4.02. The smallest absolute Gasteiger partial charge is 0.251 e. The van der Waals surface area contributed by atoms with Crippen molar-refractivity contribution in [3.63, 3.8) is 0 Å². The van der Waals surface area contributed by atoms with E-state index in [9.17, 15) is 9.59 Å². The van der Waals surface area contributed by atoms with Crippen molar-refractivity contribution in [3.05, 3.63) is 59.0 Å². The Labute approximate surface area is 142 Å². The summed E-state index contributed by atoms with van der Waals surface area (Å²) in [6.07, 6.45) is 1.56. The van der Waals surface area contributed by atoms with Crippen molar-refractivity contribution in [1.82, 2.24) is 10.6 Å². The highest BCUT2D eigenvalue weighted by atomic mass is 16.3. The predicted molar refractivity (Wildman–Crippen MR) is 92.6 cm³/mol. The van der Waals surface area contributed by atoms with Crippen LogP contribution in [0.2, 0.25) is 0 Å². The molecule has 24 heavy (non-hydrogen) atoms. The highest BCUT2D eigenvalue weighted by Crippen LogP contribution is 2.11. The molecule has 5 nitrogen and oxygen atoms in total. The molecule has 0 aliphatic heterocycles. The lowest BCUT2D eigenvalue weighted by Gasteiger charge is -2.21. The Kier molecular flexibility index (Phi) is 5.79. The Bertz CT molecular complexity index is 705. The zero-order chi connectivity index (χ0) is 17.7. The molecule has 2 aromatic rings. The van der Waals surface area contributed by atoms with Crippen LogP contribution in [0.25, 0.3) is 0 Å².